The first-order valence-electron chi connectivity index (χ1n) is 10.2. The van der Waals surface area contributed by atoms with Crippen LogP contribution in [0.3, 0.4) is 0 Å². The highest BCUT2D eigenvalue weighted by atomic mass is 32.2. The number of carbonyl (C=O) groups excluding carboxylic acids is 2. The molecule has 0 aliphatic carbocycles. The number of sulfonamides is 1. The van der Waals surface area contributed by atoms with Gasteiger partial charge in [0.05, 0.1) is 17.1 Å². The molecule has 2 aromatic carbocycles. The molecule has 3 rings (SSSR count). The van der Waals surface area contributed by atoms with Gasteiger partial charge in [0.1, 0.15) is 10.6 Å². The highest BCUT2D eigenvalue weighted by molar-refractivity contribution is 7.90. The molecule has 0 N–H and O–H groups in total. The quantitative estimate of drug-likeness (QED) is 0.516. The first-order chi connectivity index (χ1) is 15.3. The third kappa shape index (κ3) is 5.03. The van der Waals surface area contributed by atoms with E-state index in [0.717, 1.165) is 10.6 Å². The smallest absolute Gasteiger partial charge is 0.269 e. The molecule has 2 aromatic rings. The lowest BCUT2D eigenvalue weighted by Crippen LogP contribution is -2.36. The van der Waals surface area contributed by atoms with Gasteiger partial charge < -0.3 is 9.64 Å². The average Bonchev–Trinajstić information content (AvgIpc) is 2.95. The molecule has 0 atom stereocenters. The molecule has 0 unspecified atom stereocenters. The van der Waals surface area contributed by atoms with Crippen LogP contribution in [-0.4, -0.2) is 70.4 Å². The second kappa shape index (κ2) is 9.14. The van der Waals surface area contributed by atoms with Gasteiger partial charge in [0.15, 0.2) is 9.84 Å². The van der Waals surface area contributed by atoms with Crippen LogP contribution < -0.4 is 4.74 Å². The molecule has 0 bridgehead atoms. The minimum Gasteiger partial charge on any atom is -0.493 e. The molecule has 178 valence electrons. The van der Waals surface area contributed by atoms with Gasteiger partial charge in [0.2, 0.25) is 0 Å². The van der Waals surface area contributed by atoms with E-state index in [-0.39, 0.29) is 33.4 Å². The number of carbonyl (C=O) groups is 2. The minimum atomic E-state index is -3.99. The maximum Gasteiger partial charge on any atom is 0.269 e. The zero-order chi connectivity index (χ0) is 24.6. The van der Waals surface area contributed by atoms with E-state index >= 15 is 0 Å². The van der Waals surface area contributed by atoms with E-state index in [4.69, 9.17) is 4.74 Å². The van der Waals surface area contributed by atoms with Crippen LogP contribution >= 0.6 is 0 Å². The molecule has 11 heteroatoms. The van der Waals surface area contributed by atoms with E-state index in [0.29, 0.717) is 18.7 Å². The zero-order valence-corrected chi connectivity index (χ0v) is 20.4. The van der Waals surface area contributed by atoms with Crippen LogP contribution in [-0.2, 0) is 19.9 Å². The van der Waals surface area contributed by atoms with Crippen LogP contribution in [0.5, 0.6) is 5.75 Å². The van der Waals surface area contributed by atoms with E-state index in [1.54, 1.807) is 33.0 Å². The van der Waals surface area contributed by atoms with Gasteiger partial charge >= 0.3 is 0 Å². The zero-order valence-electron chi connectivity index (χ0n) is 18.8. The molecule has 0 saturated carbocycles. The molecule has 1 aliphatic heterocycles. The first kappa shape index (κ1) is 24.7. The summed E-state index contributed by atoms with van der Waals surface area (Å²) in [5.41, 5.74) is 0.229. The molecule has 1 aliphatic rings. The van der Waals surface area contributed by atoms with Crippen LogP contribution in [0.15, 0.2) is 52.3 Å². The van der Waals surface area contributed by atoms with Gasteiger partial charge in [-0.3, -0.25) is 9.59 Å². The van der Waals surface area contributed by atoms with E-state index in [1.807, 2.05) is 0 Å². The molecule has 33 heavy (non-hydrogen) atoms. The Morgan fingerprint density at radius 3 is 2.48 bits per heavy atom. The Morgan fingerprint density at radius 2 is 1.85 bits per heavy atom. The van der Waals surface area contributed by atoms with Crippen LogP contribution in [0, 0.1) is 0 Å². The van der Waals surface area contributed by atoms with Crippen molar-refractivity contribution in [2.45, 2.75) is 36.1 Å². The fourth-order valence-corrected chi connectivity index (χ4v) is 5.95. The van der Waals surface area contributed by atoms with Crippen molar-refractivity contribution in [2.24, 2.45) is 0 Å². The molecule has 0 radical (unpaired) electrons. The number of sulfone groups is 1. The predicted molar refractivity (Wildman–Crippen MR) is 122 cm³/mol. The monoisotopic (exact) mass is 494 g/mol. The summed E-state index contributed by atoms with van der Waals surface area (Å²) in [6.45, 7) is 3.80. The minimum absolute atomic E-state index is 0.0626. The van der Waals surface area contributed by atoms with Crippen LogP contribution in [0.4, 0.5) is 0 Å². The summed E-state index contributed by atoms with van der Waals surface area (Å²) in [4.78, 5) is 26.7. The first-order valence-corrected chi connectivity index (χ1v) is 13.6. The molecular formula is C22H26N2O7S2. The lowest BCUT2D eigenvalue weighted by Gasteiger charge is -2.19. The summed E-state index contributed by atoms with van der Waals surface area (Å²) in [6.07, 6.45) is 1.58. The van der Waals surface area contributed by atoms with E-state index in [9.17, 15) is 26.4 Å². The summed E-state index contributed by atoms with van der Waals surface area (Å²) < 4.78 is 55.2. The van der Waals surface area contributed by atoms with Crippen LogP contribution in [0.1, 0.15) is 41.0 Å². The van der Waals surface area contributed by atoms with E-state index in [1.165, 1.54) is 35.2 Å². The van der Waals surface area contributed by atoms with Gasteiger partial charge in [0.25, 0.3) is 21.8 Å². The Balaban J connectivity index is 1.63. The lowest BCUT2D eigenvalue weighted by molar-refractivity contribution is 0.0785. The number of benzene rings is 2. The standard InChI is InChI=1S/C22H26N2O7S2/c1-15(2)24-22(26)19-10-9-16(13-20(19)33(24,29)30)21(25)23(3)11-6-12-31-17-7-5-8-18(14-17)32(4,27)28/h5,7-10,13-15H,6,11-12H2,1-4H3. The van der Waals surface area contributed by atoms with E-state index < -0.39 is 31.8 Å². The van der Waals surface area contributed by atoms with Gasteiger partial charge in [-0.1, -0.05) is 6.07 Å². The molecule has 2 amide bonds. The Hall–Kier alpha value is -2.92. The number of hydrogen-bond donors (Lipinski definition) is 0. The van der Waals surface area contributed by atoms with Gasteiger partial charge in [-0.15, -0.1) is 0 Å². The summed E-state index contributed by atoms with van der Waals surface area (Å²) in [5.74, 6) is -0.568. The number of hydrogen-bond acceptors (Lipinski definition) is 7. The van der Waals surface area contributed by atoms with Crippen molar-refractivity contribution in [3.05, 3.63) is 53.6 Å². The van der Waals surface area contributed by atoms with Crippen LogP contribution in [0.25, 0.3) is 0 Å². The van der Waals surface area contributed by atoms with E-state index in [2.05, 4.69) is 0 Å². The third-order valence-corrected chi connectivity index (χ3v) is 8.26. The van der Waals surface area contributed by atoms with Crippen molar-refractivity contribution in [1.82, 2.24) is 9.21 Å². The fourth-order valence-electron chi connectivity index (χ4n) is 3.50. The van der Waals surface area contributed by atoms with Gasteiger partial charge in [0, 0.05) is 31.5 Å². The summed E-state index contributed by atoms with van der Waals surface area (Å²) in [7, 11) is -5.74. The number of nitrogens with zero attached hydrogens (tertiary/aromatic N) is 2. The summed E-state index contributed by atoms with van der Waals surface area (Å²) >= 11 is 0. The van der Waals surface area contributed by atoms with Crippen molar-refractivity contribution in [3.8, 4) is 5.75 Å². The summed E-state index contributed by atoms with van der Waals surface area (Å²) in [5, 5.41) is 0. The number of rotatable bonds is 8. The highest BCUT2D eigenvalue weighted by Crippen LogP contribution is 2.32. The Labute approximate surface area is 193 Å². The molecule has 1 heterocycles. The summed E-state index contributed by atoms with van der Waals surface area (Å²) in [6, 6.07) is 9.70. The van der Waals surface area contributed by atoms with Crippen molar-refractivity contribution in [3.63, 3.8) is 0 Å². The second-order valence-corrected chi connectivity index (χ2v) is 11.9. The average molecular weight is 495 g/mol. The second-order valence-electron chi connectivity index (χ2n) is 8.09. The fraction of sp³-hybridized carbons (Fsp3) is 0.364. The highest BCUT2D eigenvalue weighted by Gasteiger charge is 2.43. The number of fused-ring (bicyclic) bond motifs is 1. The molecule has 0 spiro atoms. The van der Waals surface area contributed by atoms with Crippen molar-refractivity contribution >= 4 is 31.7 Å². The molecular weight excluding hydrogens is 468 g/mol. The maximum atomic E-state index is 12.8. The molecule has 0 aromatic heterocycles. The molecule has 9 nitrogen and oxygen atoms in total. The SMILES string of the molecule is CC(C)N1C(=O)c2ccc(C(=O)N(C)CCCOc3cccc(S(C)(=O)=O)c3)cc2S1(=O)=O. The molecule has 0 fully saturated rings. The Bertz CT molecular complexity index is 1300. The molecule has 0 saturated heterocycles. The largest absolute Gasteiger partial charge is 0.493 e. The number of amides is 2. The normalized spacial score (nSPS) is 14.9. The van der Waals surface area contributed by atoms with Crippen molar-refractivity contribution < 1.29 is 31.2 Å². The Kier molecular flexibility index (Phi) is 6.85. The topological polar surface area (TPSA) is 118 Å². The predicted octanol–water partition coefficient (Wildman–Crippen LogP) is 2.18. The number of ether oxygens (including phenoxy) is 1. The van der Waals surface area contributed by atoms with Crippen molar-refractivity contribution in [1.29, 1.82) is 0 Å². The maximum absolute atomic E-state index is 12.8. The third-order valence-electron chi connectivity index (χ3n) is 5.15. The van der Waals surface area contributed by atoms with Gasteiger partial charge in [-0.25, -0.2) is 21.1 Å². The van der Waals surface area contributed by atoms with Crippen LogP contribution in [0.2, 0.25) is 0 Å². The lowest BCUT2D eigenvalue weighted by atomic mass is 10.1. The van der Waals surface area contributed by atoms with Gasteiger partial charge in [-0.2, -0.15) is 0 Å². The van der Waals surface area contributed by atoms with Gasteiger partial charge in [-0.05, 0) is 56.7 Å². The van der Waals surface area contributed by atoms with Crippen molar-refractivity contribution in [2.75, 3.05) is 26.5 Å². The Morgan fingerprint density at radius 1 is 1.15 bits per heavy atom.